The summed E-state index contributed by atoms with van der Waals surface area (Å²) in [6.45, 7) is 2.48. The highest BCUT2D eigenvalue weighted by Crippen LogP contribution is 2.31. The Labute approximate surface area is 146 Å². The van der Waals surface area contributed by atoms with E-state index in [0.717, 1.165) is 25.3 Å². The van der Waals surface area contributed by atoms with Crippen LogP contribution < -0.4 is 4.90 Å². The molecule has 3 rings (SSSR count). The van der Waals surface area contributed by atoms with Gasteiger partial charge in [0.1, 0.15) is 0 Å². The Morgan fingerprint density at radius 2 is 1.64 bits per heavy atom. The lowest BCUT2D eigenvalue weighted by Crippen LogP contribution is -2.46. The van der Waals surface area contributed by atoms with Crippen molar-refractivity contribution in [1.29, 1.82) is 0 Å². The topological polar surface area (TPSA) is 40.6 Å². The van der Waals surface area contributed by atoms with Crippen LogP contribution in [0.5, 0.6) is 0 Å². The van der Waals surface area contributed by atoms with Gasteiger partial charge in [0.25, 0.3) is 0 Å². The molecule has 25 heavy (non-hydrogen) atoms. The van der Waals surface area contributed by atoms with Crippen molar-refractivity contribution in [3.63, 3.8) is 0 Å². The van der Waals surface area contributed by atoms with Gasteiger partial charge in [0.2, 0.25) is 9.84 Å². The van der Waals surface area contributed by atoms with Crippen LogP contribution in [0.4, 0.5) is 14.5 Å². The molecule has 0 aliphatic carbocycles. The van der Waals surface area contributed by atoms with Gasteiger partial charge in [0.15, 0.2) is 0 Å². The van der Waals surface area contributed by atoms with Gasteiger partial charge in [-0.15, -0.1) is 0 Å². The van der Waals surface area contributed by atoms with Gasteiger partial charge >= 0.3 is 5.76 Å². The van der Waals surface area contributed by atoms with Crippen molar-refractivity contribution < 1.29 is 17.2 Å². The lowest BCUT2D eigenvalue weighted by Gasteiger charge is -2.42. The Bertz CT molecular complexity index is 811. The molecule has 7 heteroatoms. The monoisotopic (exact) mass is 366 g/mol. The van der Waals surface area contributed by atoms with Gasteiger partial charge < -0.3 is 9.80 Å². The third kappa shape index (κ3) is 3.67. The molecule has 1 unspecified atom stereocenters. The summed E-state index contributed by atoms with van der Waals surface area (Å²) in [5.74, 6) is -3.40. The van der Waals surface area contributed by atoms with E-state index < -0.39 is 15.6 Å². The number of benzene rings is 2. The van der Waals surface area contributed by atoms with Crippen LogP contribution in [0, 0.1) is 0 Å². The molecule has 1 aliphatic rings. The maximum absolute atomic E-state index is 12.7. The number of alkyl halides is 2. The van der Waals surface area contributed by atoms with E-state index in [1.54, 1.807) is 12.1 Å². The molecule has 0 radical (unpaired) electrons. The number of hydrogen-bond acceptors (Lipinski definition) is 4. The zero-order valence-electron chi connectivity index (χ0n) is 13.8. The first-order valence-electron chi connectivity index (χ1n) is 8.02. The summed E-state index contributed by atoms with van der Waals surface area (Å²) in [6.07, 6.45) is 0. The number of halogens is 2. The molecular formula is C18H20F2N2O2S. The van der Waals surface area contributed by atoms with Crippen LogP contribution in [0.3, 0.4) is 0 Å². The minimum atomic E-state index is -4.56. The maximum Gasteiger partial charge on any atom is 0.341 e. The molecule has 0 aromatic heterocycles. The molecule has 134 valence electrons. The molecule has 4 nitrogen and oxygen atoms in total. The molecule has 1 aliphatic heterocycles. The average molecular weight is 366 g/mol. The zero-order chi connectivity index (χ0) is 18.0. The van der Waals surface area contributed by atoms with E-state index in [9.17, 15) is 17.2 Å². The van der Waals surface area contributed by atoms with Crippen LogP contribution in [-0.2, 0) is 9.84 Å². The summed E-state index contributed by atoms with van der Waals surface area (Å²) in [5, 5.41) is 0. The summed E-state index contributed by atoms with van der Waals surface area (Å²) < 4.78 is 48.5. The van der Waals surface area contributed by atoms with E-state index in [2.05, 4.69) is 29.0 Å². The second kappa shape index (κ2) is 7.09. The largest absolute Gasteiger partial charge is 0.362 e. The van der Waals surface area contributed by atoms with E-state index in [1.165, 1.54) is 17.7 Å². The summed E-state index contributed by atoms with van der Waals surface area (Å²) in [7, 11) is -2.50. The quantitative estimate of drug-likeness (QED) is 0.833. The van der Waals surface area contributed by atoms with Crippen molar-refractivity contribution in [1.82, 2.24) is 4.90 Å². The average Bonchev–Trinajstić information content (AvgIpc) is 2.62. The Kier molecular flexibility index (Phi) is 5.06. The maximum atomic E-state index is 12.7. The van der Waals surface area contributed by atoms with Crippen molar-refractivity contribution in [2.75, 3.05) is 31.6 Å². The van der Waals surface area contributed by atoms with Crippen molar-refractivity contribution >= 4 is 15.5 Å². The number of likely N-dealkylation sites (N-methyl/N-ethyl adjacent to an activating group) is 1. The third-order valence-corrected chi connectivity index (χ3v) is 5.90. The standard InChI is InChI=1S/C18H20F2N2O2S/c1-21-11-12-22(17(13-21)14-5-3-2-4-6-14)15-7-9-16(10-8-15)25(23,24)18(19)20/h2-10,17-18H,11-13H2,1H3. The highest BCUT2D eigenvalue weighted by molar-refractivity contribution is 7.91. The molecule has 0 bridgehead atoms. The molecule has 2 aromatic rings. The van der Waals surface area contributed by atoms with E-state index in [1.807, 2.05) is 18.2 Å². The first kappa shape index (κ1) is 17.8. The lowest BCUT2D eigenvalue weighted by atomic mass is 10.0. The van der Waals surface area contributed by atoms with E-state index in [0.29, 0.717) is 0 Å². The Hall–Kier alpha value is -1.99. The summed E-state index contributed by atoms with van der Waals surface area (Å²) in [6, 6.07) is 15.9. The summed E-state index contributed by atoms with van der Waals surface area (Å²) >= 11 is 0. The second-order valence-electron chi connectivity index (χ2n) is 6.18. The van der Waals surface area contributed by atoms with Crippen molar-refractivity contribution in [3.05, 3.63) is 60.2 Å². The molecule has 0 saturated carbocycles. The van der Waals surface area contributed by atoms with Crippen LogP contribution in [0.15, 0.2) is 59.5 Å². The molecule has 0 N–H and O–H groups in total. The fourth-order valence-electron chi connectivity index (χ4n) is 3.12. The van der Waals surface area contributed by atoms with Crippen LogP contribution in [0.1, 0.15) is 11.6 Å². The Balaban J connectivity index is 1.91. The van der Waals surface area contributed by atoms with Gasteiger partial charge in [-0.05, 0) is 36.9 Å². The number of rotatable bonds is 4. The van der Waals surface area contributed by atoms with Gasteiger partial charge in [0.05, 0.1) is 10.9 Å². The summed E-state index contributed by atoms with van der Waals surface area (Å²) in [4.78, 5) is 4.08. The number of anilines is 1. The first-order chi connectivity index (χ1) is 11.9. The van der Waals surface area contributed by atoms with Crippen LogP contribution >= 0.6 is 0 Å². The predicted octanol–water partition coefficient (Wildman–Crippen LogP) is 3.18. The highest BCUT2D eigenvalue weighted by atomic mass is 32.2. The van der Waals surface area contributed by atoms with E-state index in [4.69, 9.17) is 0 Å². The smallest absolute Gasteiger partial charge is 0.341 e. The van der Waals surface area contributed by atoms with Gasteiger partial charge in [-0.1, -0.05) is 30.3 Å². The molecular weight excluding hydrogens is 346 g/mol. The van der Waals surface area contributed by atoms with Crippen LogP contribution in [-0.4, -0.2) is 45.8 Å². The molecule has 1 fully saturated rings. The zero-order valence-corrected chi connectivity index (χ0v) is 14.7. The van der Waals surface area contributed by atoms with Gasteiger partial charge in [-0.3, -0.25) is 0 Å². The van der Waals surface area contributed by atoms with Crippen molar-refractivity contribution in [2.45, 2.75) is 16.7 Å². The Morgan fingerprint density at radius 1 is 1.00 bits per heavy atom. The molecule has 2 aromatic carbocycles. The van der Waals surface area contributed by atoms with Crippen LogP contribution in [0.25, 0.3) is 0 Å². The second-order valence-corrected chi connectivity index (χ2v) is 8.10. The molecule has 1 heterocycles. The number of nitrogens with zero attached hydrogens (tertiary/aromatic N) is 2. The fraction of sp³-hybridized carbons (Fsp3) is 0.333. The molecule has 0 amide bonds. The highest BCUT2D eigenvalue weighted by Gasteiger charge is 2.29. The fourth-order valence-corrected chi connectivity index (χ4v) is 3.84. The molecule has 1 saturated heterocycles. The minimum Gasteiger partial charge on any atom is -0.362 e. The van der Waals surface area contributed by atoms with E-state index >= 15 is 0 Å². The van der Waals surface area contributed by atoms with Gasteiger partial charge in [0, 0.05) is 25.3 Å². The first-order valence-corrected chi connectivity index (χ1v) is 9.56. The Morgan fingerprint density at radius 3 is 2.24 bits per heavy atom. The van der Waals surface area contributed by atoms with Crippen molar-refractivity contribution in [3.8, 4) is 0 Å². The minimum absolute atomic E-state index is 0.123. The number of piperazine rings is 1. The molecule has 1 atom stereocenters. The number of sulfone groups is 1. The van der Waals surface area contributed by atoms with Gasteiger partial charge in [-0.25, -0.2) is 8.42 Å². The molecule has 0 spiro atoms. The summed E-state index contributed by atoms with van der Waals surface area (Å²) in [5.41, 5.74) is 1.99. The third-order valence-electron chi connectivity index (χ3n) is 4.50. The predicted molar refractivity (Wildman–Crippen MR) is 93.7 cm³/mol. The van der Waals surface area contributed by atoms with Gasteiger partial charge in [-0.2, -0.15) is 8.78 Å². The normalized spacial score (nSPS) is 19.4. The number of hydrogen-bond donors (Lipinski definition) is 0. The van der Waals surface area contributed by atoms with E-state index in [-0.39, 0.29) is 10.9 Å². The van der Waals surface area contributed by atoms with Crippen LogP contribution in [0.2, 0.25) is 0 Å². The lowest BCUT2D eigenvalue weighted by molar-refractivity contribution is 0.234. The van der Waals surface area contributed by atoms with Crippen molar-refractivity contribution in [2.24, 2.45) is 0 Å². The SMILES string of the molecule is CN1CCN(c2ccc(S(=O)(=O)C(F)F)cc2)C(c2ccccc2)C1.